The number of methoxy groups -OCH3 is 1. The van der Waals surface area contributed by atoms with Gasteiger partial charge in [0.2, 0.25) is 0 Å². The molecule has 0 saturated carbocycles. The first-order chi connectivity index (χ1) is 13.3. The molecule has 0 aliphatic carbocycles. The van der Waals surface area contributed by atoms with Crippen LogP contribution >= 0.6 is 0 Å². The average Bonchev–Trinajstić information content (AvgIpc) is 3.47. The Labute approximate surface area is 157 Å². The smallest absolute Gasteiger partial charge is 0.118 e. The summed E-state index contributed by atoms with van der Waals surface area (Å²) in [4.78, 5) is 8.44. The maximum Gasteiger partial charge on any atom is 0.118 e. The van der Waals surface area contributed by atoms with Crippen molar-refractivity contribution in [3.63, 3.8) is 0 Å². The zero-order valence-electron chi connectivity index (χ0n) is 15.1. The number of hydrogen-bond acceptors (Lipinski definition) is 4. The second-order valence-corrected chi connectivity index (χ2v) is 6.99. The van der Waals surface area contributed by atoms with Crippen LogP contribution in [0.15, 0.2) is 54.9 Å². The minimum absolute atomic E-state index is 0.322. The number of benzene rings is 2. The summed E-state index contributed by atoms with van der Waals surface area (Å²) < 4.78 is 5.28. The summed E-state index contributed by atoms with van der Waals surface area (Å²) in [6.45, 7) is 1.87. The maximum absolute atomic E-state index is 5.28. The number of H-pyrrole nitrogens is 2. The normalized spacial score (nSPS) is 19.6. The molecule has 27 heavy (non-hydrogen) atoms. The van der Waals surface area contributed by atoms with Gasteiger partial charge in [-0.25, -0.2) is 4.98 Å². The standard InChI is InChI=1S/C21H21N5O/c1-27-16-5-2-13(3-6-16)17-11-22-12-18(17)21-25-19-7-4-14(8-20(19)26-21)15-9-23-24-10-15/h2-10,17-18,22H,11-12H2,1H3,(H,23,24)(H,25,26). The quantitative estimate of drug-likeness (QED) is 0.522. The van der Waals surface area contributed by atoms with Crippen molar-refractivity contribution in [3.8, 4) is 16.9 Å². The van der Waals surface area contributed by atoms with Gasteiger partial charge < -0.3 is 15.0 Å². The van der Waals surface area contributed by atoms with E-state index in [2.05, 4.69) is 50.8 Å². The number of hydrogen-bond donors (Lipinski definition) is 3. The minimum atomic E-state index is 0.322. The fourth-order valence-electron chi connectivity index (χ4n) is 3.96. The molecule has 0 radical (unpaired) electrons. The lowest BCUT2D eigenvalue weighted by atomic mass is 9.88. The SMILES string of the molecule is COc1ccc(C2CNCC2c2nc3ccc(-c4cn[nH]c4)cc3[nH]2)cc1. The summed E-state index contributed by atoms with van der Waals surface area (Å²) in [6.07, 6.45) is 3.73. The van der Waals surface area contributed by atoms with Gasteiger partial charge in [0.1, 0.15) is 11.6 Å². The number of aromatic amines is 2. The molecule has 2 aromatic heterocycles. The van der Waals surface area contributed by atoms with Gasteiger partial charge in [-0.2, -0.15) is 5.10 Å². The molecule has 0 amide bonds. The number of imidazole rings is 1. The van der Waals surface area contributed by atoms with E-state index in [1.807, 2.05) is 24.5 Å². The van der Waals surface area contributed by atoms with Gasteiger partial charge in [0, 0.05) is 36.7 Å². The minimum Gasteiger partial charge on any atom is -0.497 e. The molecule has 1 aliphatic heterocycles. The summed E-state index contributed by atoms with van der Waals surface area (Å²) >= 11 is 0. The van der Waals surface area contributed by atoms with E-state index in [0.717, 1.165) is 46.8 Å². The van der Waals surface area contributed by atoms with Gasteiger partial charge in [-0.1, -0.05) is 18.2 Å². The van der Waals surface area contributed by atoms with E-state index >= 15 is 0 Å². The Morgan fingerprint density at radius 3 is 2.63 bits per heavy atom. The third-order valence-corrected chi connectivity index (χ3v) is 5.44. The van der Waals surface area contributed by atoms with Crippen molar-refractivity contribution < 1.29 is 4.74 Å². The van der Waals surface area contributed by atoms with Crippen LogP contribution in [0.3, 0.4) is 0 Å². The van der Waals surface area contributed by atoms with E-state index in [9.17, 15) is 0 Å². The van der Waals surface area contributed by atoms with E-state index in [0.29, 0.717) is 11.8 Å². The molecule has 0 bridgehead atoms. The van der Waals surface area contributed by atoms with Gasteiger partial charge in [-0.15, -0.1) is 0 Å². The Morgan fingerprint density at radius 1 is 1.00 bits per heavy atom. The maximum atomic E-state index is 5.28. The van der Waals surface area contributed by atoms with Crippen LogP contribution in [0, 0.1) is 0 Å². The Kier molecular flexibility index (Phi) is 3.90. The van der Waals surface area contributed by atoms with Gasteiger partial charge in [0.05, 0.1) is 24.3 Å². The zero-order chi connectivity index (χ0) is 18.2. The highest BCUT2D eigenvalue weighted by molar-refractivity contribution is 5.81. The third kappa shape index (κ3) is 2.88. The van der Waals surface area contributed by atoms with E-state index in [1.54, 1.807) is 7.11 Å². The van der Waals surface area contributed by atoms with Crippen molar-refractivity contribution in [2.45, 2.75) is 11.8 Å². The first-order valence-electron chi connectivity index (χ1n) is 9.15. The summed E-state index contributed by atoms with van der Waals surface area (Å²) in [7, 11) is 1.70. The number of rotatable bonds is 4. The predicted molar refractivity (Wildman–Crippen MR) is 105 cm³/mol. The highest BCUT2D eigenvalue weighted by atomic mass is 16.5. The number of nitrogens with one attached hydrogen (secondary N) is 3. The molecule has 136 valence electrons. The van der Waals surface area contributed by atoms with E-state index in [4.69, 9.17) is 9.72 Å². The second kappa shape index (κ2) is 6.55. The summed E-state index contributed by atoms with van der Waals surface area (Å²) in [5, 5.41) is 10.4. The number of ether oxygens (including phenoxy) is 1. The molecule has 5 rings (SSSR count). The summed E-state index contributed by atoms with van der Waals surface area (Å²) in [5.41, 5.74) is 5.57. The summed E-state index contributed by atoms with van der Waals surface area (Å²) in [6, 6.07) is 14.7. The fraction of sp³-hybridized carbons (Fsp3) is 0.238. The Hall–Kier alpha value is -3.12. The molecule has 2 unspecified atom stereocenters. The Bertz CT molecular complexity index is 1050. The van der Waals surface area contributed by atoms with E-state index < -0.39 is 0 Å². The lowest BCUT2D eigenvalue weighted by Crippen LogP contribution is -2.10. The van der Waals surface area contributed by atoms with Crippen LogP contribution in [0.2, 0.25) is 0 Å². The fourth-order valence-corrected chi connectivity index (χ4v) is 3.96. The molecule has 3 N–H and O–H groups in total. The molecule has 1 saturated heterocycles. The van der Waals surface area contributed by atoms with Gasteiger partial charge >= 0.3 is 0 Å². The van der Waals surface area contributed by atoms with Crippen molar-refractivity contribution in [2.75, 3.05) is 20.2 Å². The molecule has 1 fully saturated rings. The van der Waals surface area contributed by atoms with Crippen LogP contribution in [0.25, 0.3) is 22.2 Å². The van der Waals surface area contributed by atoms with E-state index in [-0.39, 0.29) is 0 Å². The van der Waals surface area contributed by atoms with Crippen LogP contribution < -0.4 is 10.1 Å². The van der Waals surface area contributed by atoms with Crippen molar-refractivity contribution in [3.05, 3.63) is 66.2 Å². The zero-order valence-corrected chi connectivity index (χ0v) is 15.1. The molecule has 0 spiro atoms. The van der Waals surface area contributed by atoms with Gasteiger partial charge in [0.15, 0.2) is 0 Å². The molecule has 1 aliphatic rings. The monoisotopic (exact) mass is 359 g/mol. The van der Waals surface area contributed by atoms with Crippen molar-refractivity contribution in [1.29, 1.82) is 0 Å². The molecule has 3 heterocycles. The topological polar surface area (TPSA) is 78.6 Å². The van der Waals surface area contributed by atoms with Crippen molar-refractivity contribution >= 4 is 11.0 Å². The van der Waals surface area contributed by atoms with Crippen LogP contribution in [0.5, 0.6) is 5.75 Å². The van der Waals surface area contributed by atoms with Crippen molar-refractivity contribution in [1.82, 2.24) is 25.5 Å². The molecule has 6 nitrogen and oxygen atoms in total. The van der Waals surface area contributed by atoms with Crippen LogP contribution in [-0.2, 0) is 0 Å². The highest BCUT2D eigenvalue weighted by Gasteiger charge is 2.32. The Morgan fingerprint density at radius 2 is 1.85 bits per heavy atom. The van der Waals surface area contributed by atoms with Gasteiger partial charge in [-0.05, 0) is 35.4 Å². The average molecular weight is 359 g/mol. The number of nitrogens with zero attached hydrogens (tertiary/aromatic N) is 2. The molecular weight excluding hydrogens is 338 g/mol. The van der Waals surface area contributed by atoms with Crippen LogP contribution in [0.1, 0.15) is 23.2 Å². The van der Waals surface area contributed by atoms with Gasteiger partial charge in [-0.3, -0.25) is 5.10 Å². The first kappa shape index (κ1) is 16.1. The van der Waals surface area contributed by atoms with Crippen LogP contribution in [0.4, 0.5) is 0 Å². The Balaban J connectivity index is 1.48. The number of aromatic nitrogens is 4. The molecular formula is C21H21N5O. The third-order valence-electron chi connectivity index (χ3n) is 5.44. The van der Waals surface area contributed by atoms with E-state index in [1.165, 1.54) is 5.56 Å². The lowest BCUT2D eigenvalue weighted by Gasteiger charge is -2.17. The molecule has 4 aromatic rings. The van der Waals surface area contributed by atoms with Gasteiger partial charge in [0.25, 0.3) is 0 Å². The lowest BCUT2D eigenvalue weighted by molar-refractivity contribution is 0.414. The second-order valence-electron chi connectivity index (χ2n) is 6.99. The van der Waals surface area contributed by atoms with Crippen LogP contribution in [-0.4, -0.2) is 40.4 Å². The number of fused-ring (bicyclic) bond motifs is 1. The first-order valence-corrected chi connectivity index (χ1v) is 9.15. The summed E-state index contributed by atoms with van der Waals surface area (Å²) in [5.74, 6) is 2.64. The highest BCUT2D eigenvalue weighted by Crippen LogP contribution is 2.36. The molecule has 6 heteroatoms. The molecule has 2 atom stereocenters. The van der Waals surface area contributed by atoms with Crippen molar-refractivity contribution in [2.24, 2.45) is 0 Å². The largest absolute Gasteiger partial charge is 0.497 e. The molecule has 2 aromatic carbocycles. The predicted octanol–water partition coefficient (Wildman–Crippen LogP) is 3.43.